The summed E-state index contributed by atoms with van der Waals surface area (Å²) < 4.78 is 5.43. The predicted molar refractivity (Wildman–Crippen MR) is 69.3 cm³/mol. The first-order valence-electron chi connectivity index (χ1n) is 5.48. The summed E-state index contributed by atoms with van der Waals surface area (Å²) in [6, 6.07) is 1.78. The molecule has 1 unspecified atom stereocenters. The Labute approximate surface area is 101 Å². The van der Waals surface area contributed by atoms with Crippen LogP contribution < -0.4 is 10.1 Å². The molecule has 1 heterocycles. The molecule has 90 valence electrons. The fourth-order valence-corrected chi connectivity index (χ4v) is 1.28. The van der Waals surface area contributed by atoms with Crippen LogP contribution in [0.1, 0.15) is 20.3 Å². The van der Waals surface area contributed by atoms with Crippen LogP contribution in [-0.2, 0) is 0 Å². The summed E-state index contributed by atoms with van der Waals surface area (Å²) >= 11 is 1.81. The minimum absolute atomic E-state index is 0.545. The van der Waals surface area contributed by atoms with Crippen LogP contribution in [0, 0.1) is 0 Å². The average Bonchev–Trinajstić information content (AvgIpc) is 2.34. The standard InChI is InChI=1S/C11H19N3OS/c1-4-7-15-10-5-6-12-11(14-10)13-8-9(2)16-3/h5-6,9H,4,7-8H2,1-3H3,(H,12,13,14). The lowest BCUT2D eigenvalue weighted by Crippen LogP contribution is -2.14. The maximum absolute atomic E-state index is 5.43. The van der Waals surface area contributed by atoms with Crippen molar-refractivity contribution in [2.24, 2.45) is 0 Å². The second-order valence-corrected chi connectivity index (χ2v) is 4.77. The molecule has 1 atom stereocenters. The highest BCUT2D eigenvalue weighted by molar-refractivity contribution is 7.99. The van der Waals surface area contributed by atoms with Gasteiger partial charge in [-0.2, -0.15) is 16.7 Å². The summed E-state index contributed by atoms with van der Waals surface area (Å²) in [6.07, 6.45) is 4.79. The lowest BCUT2D eigenvalue weighted by Gasteiger charge is -2.10. The minimum Gasteiger partial charge on any atom is -0.478 e. The summed E-state index contributed by atoms with van der Waals surface area (Å²) in [6.45, 7) is 5.78. The molecule has 0 aromatic carbocycles. The number of nitrogens with zero attached hydrogens (tertiary/aromatic N) is 2. The van der Waals surface area contributed by atoms with Gasteiger partial charge in [0.2, 0.25) is 11.8 Å². The molecular formula is C11H19N3OS. The van der Waals surface area contributed by atoms with Crippen LogP contribution in [-0.4, -0.2) is 34.6 Å². The first kappa shape index (κ1) is 13.1. The molecule has 0 aliphatic heterocycles. The SMILES string of the molecule is CCCOc1ccnc(NCC(C)SC)n1. The van der Waals surface area contributed by atoms with E-state index in [-0.39, 0.29) is 0 Å². The maximum Gasteiger partial charge on any atom is 0.225 e. The molecule has 0 aliphatic rings. The normalized spacial score (nSPS) is 12.2. The predicted octanol–water partition coefficient (Wildman–Crippen LogP) is 2.43. The monoisotopic (exact) mass is 241 g/mol. The quantitative estimate of drug-likeness (QED) is 0.794. The fraction of sp³-hybridized carbons (Fsp3) is 0.636. The Hall–Kier alpha value is -0.970. The summed E-state index contributed by atoms with van der Waals surface area (Å²) in [5.41, 5.74) is 0. The van der Waals surface area contributed by atoms with Gasteiger partial charge in [-0.3, -0.25) is 0 Å². The van der Waals surface area contributed by atoms with Gasteiger partial charge >= 0.3 is 0 Å². The van der Waals surface area contributed by atoms with Crippen molar-refractivity contribution in [3.05, 3.63) is 12.3 Å². The third kappa shape index (κ3) is 4.70. The Balaban J connectivity index is 2.46. The molecule has 0 saturated heterocycles. The zero-order valence-corrected chi connectivity index (χ0v) is 10.9. The van der Waals surface area contributed by atoms with Crippen LogP contribution in [0.3, 0.4) is 0 Å². The highest BCUT2D eigenvalue weighted by Gasteiger charge is 2.02. The van der Waals surface area contributed by atoms with Crippen molar-refractivity contribution in [1.82, 2.24) is 9.97 Å². The van der Waals surface area contributed by atoms with Crippen LogP contribution in [0.2, 0.25) is 0 Å². The summed E-state index contributed by atoms with van der Waals surface area (Å²) in [7, 11) is 0. The van der Waals surface area contributed by atoms with E-state index in [9.17, 15) is 0 Å². The smallest absolute Gasteiger partial charge is 0.225 e. The van der Waals surface area contributed by atoms with Gasteiger partial charge in [0.15, 0.2) is 0 Å². The maximum atomic E-state index is 5.43. The third-order valence-corrected chi connectivity index (χ3v) is 3.01. The summed E-state index contributed by atoms with van der Waals surface area (Å²) in [5, 5.41) is 3.73. The number of hydrogen-bond donors (Lipinski definition) is 1. The Morgan fingerprint density at radius 1 is 1.56 bits per heavy atom. The molecule has 1 rings (SSSR count). The first-order valence-corrected chi connectivity index (χ1v) is 6.77. The third-order valence-electron chi connectivity index (χ3n) is 2.03. The van der Waals surface area contributed by atoms with Gasteiger partial charge in [0.25, 0.3) is 0 Å². The minimum atomic E-state index is 0.545. The number of thioether (sulfide) groups is 1. The topological polar surface area (TPSA) is 47.0 Å². The van der Waals surface area contributed by atoms with Crippen molar-refractivity contribution in [2.75, 3.05) is 24.7 Å². The van der Waals surface area contributed by atoms with Gasteiger partial charge in [-0.15, -0.1) is 0 Å². The highest BCUT2D eigenvalue weighted by Crippen LogP contribution is 2.10. The first-order chi connectivity index (χ1) is 7.76. The summed E-state index contributed by atoms with van der Waals surface area (Å²) in [5.74, 6) is 1.27. The van der Waals surface area contributed by atoms with E-state index in [1.807, 2.05) is 11.8 Å². The van der Waals surface area contributed by atoms with Gasteiger partial charge in [-0.25, -0.2) is 4.98 Å². The fourth-order valence-electron chi connectivity index (χ4n) is 1.03. The van der Waals surface area contributed by atoms with Gasteiger partial charge in [0.1, 0.15) is 0 Å². The number of aromatic nitrogens is 2. The van der Waals surface area contributed by atoms with Crippen molar-refractivity contribution in [3.63, 3.8) is 0 Å². The Morgan fingerprint density at radius 2 is 2.38 bits per heavy atom. The zero-order chi connectivity index (χ0) is 11.8. The van der Waals surface area contributed by atoms with Crippen LogP contribution >= 0.6 is 11.8 Å². The van der Waals surface area contributed by atoms with Crippen molar-refractivity contribution in [1.29, 1.82) is 0 Å². The largest absolute Gasteiger partial charge is 0.478 e. The molecule has 0 aliphatic carbocycles. The molecule has 16 heavy (non-hydrogen) atoms. The Morgan fingerprint density at radius 3 is 3.06 bits per heavy atom. The molecule has 1 aromatic rings. The number of hydrogen-bond acceptors (Lipinski definition) is 5. The summed E-state index contributed by atoms with van der Waals surface area (Å²) in [4.78, 5) is 8.41. The molecular weight excluding hydrogens is 222 g/mol. The lowest BCUT2D eigenvalue weighted by molar-refractivity contribution is 0.305. The van der Waals surface area contributed by atoms with Crippen molar-refractivity contribution in [2.45, 2.75) is 25.5 Å². The number of rotatable bonds is 7. The van der Waals surface area contributed by atoms with E-state index in [1.54, 1.807) is 12.3 Å². The zero-order valence-electron chi connectivity index (χ0n) is 10.1. The van der Waals surface area contributed by atoms with Crippen LogP contribution in [0.4, 0.5) is 5.95 Å². The second-order valence-electron chi connectivity index (χ2n) is 3.49. The van der Waals surface area contributed by atoms with Crippen LogP contribution in [0.5, 0.6) is 5.88 Å². The molecule has 4 nitrogen and oxygen atoms in total. The molecule has 0 saturated carbocycles. The van der Waals surface area contributed by atoms with E-state index >= 15 is 0 Å². The van der Waals surface area contributed by atoms with E-state index in [0.717, 1.165) is 13.0 Å². The van der Waals surface area contributed by atoms with E-state index in [1.165, 1.54) is 0 Å². The van der Waals surface area contributed by atoms with Crippen molar-refractivity contribution in [3.8, 4) is 5.88 Å². The van der Waals surface area contributed by atoms with Gasteiger partial charge < -0.3 is 10.1 Å². The van der Waals surface area contributed by atoms with E-state index in [2.05, 4.69) is 35.4 Å². The van der Waals surface area contributed by atoms with Crippen LogP contribution in [0.15, 0.2) is 12.3 Å². The van der Waals surface area contributed by atoms with E-state index in [4.69, 9.17) is 4.74 Å². The second kappa shape index (κ2) is 7.33. The van der Waals surface area contributed by atoms with Gasteiger partial charge in [0, 0.05) is 24.1 Å². The molecule has 0 spiro atoms. The number of ether oxygens (including phenoxy) is 1. The van der Waals surface area contributed by atoms with Crippen molar-refractivity contribution >= 4 is 17.7 Å². The highest BCUT2D eigenvalue weighted by atomic mass is 32.2. The van der Waals surface area contributed by atoms with Gasteiger partial charge in [-0.05, 0) is 12.7 Å². The number of nitrogens with one attached hydrogen (secondary N) is 1. The van der Waals surface area contributed by atoms with Gasteiger partial charge in [0.05, 0.1) is 6.61 Å². The molecule has 0 amide bonds. The molecule has 0 fully saturated rings. The van der Waals surface area contributed by atoms with Crippen molar-refractivity contribution < 1.29 is 4.74 Å². The van der Waals surface area contributed by atoms with Crippen LogP contribution in [0.25, 0.3) is 0 Å². The lowest BCUT2D eigenvalue weighted by atomic mass is 10.5. The van der Waals surface area contributed by atoms with E-state index in [0.29, 0.717) is 23.7 Å². The Kier molecular flexibility index (Phi) is 6.00. The molecule has 5 heteroatoms. The van der Waals surface area contributed by atoms with Gasteiger partial charge in [-0.1, -0.05) is 13.8 Å². The van der Waals surface area contributed by atoms with E-state index < -0.39 is 0 Å². The average molecular weight is 241 g/mol. The molecule has 0 bridgehead atoms. The molecule has 1 N–H and O–H groups in total. The molecule has 1 aromatic heterocycles. The molecule has 0 radical (unpaired) electrons. The number of anilines is 1. The Bertz CT molecular complexity index is 309.